The predicted molar refractivity (Wildman–Crippen MR) is 122 cm³/mol. The van der Waals surface area contributed by atoms with Gasteiger partial charge in [-0.3, -0.25) is 4.99 Å². The number of guanidine groups is 1. The zero-order chi connectivity index (χ0) is 21.2. The first kappa shape index (κ1) is 22.4. The van der Waals surface area contributed by atoms with Gasteiger partial charge in [0.25, 0.3) is 0 Å². The standard InChI is InChI=1S/C23H31ClN4O2/c1-3-30-20-7-5-19(6-8-20)23(11-14-29-15-12-23)17-28-22(25-2)26-13-10-18-4-9-21(24)27-16-18/h4-9,16H,3,10-15,17H2,1-2H3,(H2,25,26,28). The number of halogens is 1. The van der Waals surface area contributed by atoms with Crippen LogP contribution in [0.5, 0.6) is 5.75 Å². The monoisotopic (exact) mass is 430 g/mol. The average Bonchev–Trinajstić information content (AvgIpc) is 2.79. The summed E-state index contributed by atoms with van der Waals surface area (Å²) in [5.74, 6) is 1.71. The van der Waals surface area contributed by atoms with E-state index in [4.69, 9.17) is 21.1 Å². The molecule has 0 bridgehead atoms. The van der Waals surface area contributed by atoms with Crippen LogP contribution in [0.3, 0.4) is 0 Å². The summed E-state index contributed by atoms with van der Waals surface area (Å²) >= 11 is 5.85. The molecule has 0 saturated carbocycles. The Hall–Kier alpha value is -2.31. The number of aliphatic imine (C=N–C) groups is 1. The maximum absolute atomic E-state index is 5.85. The van der Waals surface area contributed by atoms with Crippen LogP contribution in [0.4, 0.5) is 0 Å². The quantitative estimate of drug-likeness (QED) is 0.380. The summed E-state index contributed by atoms with van der Waals surface area (Å²) in [7, 11) is 1.80. The molecule has 1 saturated heterocycles. The number of nitrogens with one attached hydrogen (secondary N) is 2. The van der Waals surface area contributed by atoms with Crippen molar-refractivity contribution < 1.29 is 9.47 Å². The second-order valence-electron chi connectivity index (χ2n) is 7.44. The van der Waals surface area contributed by atoms with E-state index in [1.54, 1.807) is 7.05 Å². The molecule has 162 valence electrons. The van der Waals surface area contributed by atoms with E-state index < -0.39 is 0 Å². The minimum absolute atomic E-state index is 0.0146. The molecule has 0 amide bonds. The lowest BCUT2D eigenvalue weighted by atomic mass is 9.74. The smallest absolute Gasteiger partial charge is 0.191 e. The highest BCUT2D eigenvalue weighted by Crippen LogP contribution is 2.35. The third-order valence-electron chi connectivity index (χ3n) is 5.54. The Labute approximate surface area is 184 Å². The number of hydrogen-bond acceptors (Lipinski definition) is 4. The summed E-state index contributed by atoms with van der Waals surface area (Å²) in [6, 6.07) is 12.3. The lowest BCUT2D eigenvalue weighted by molar-refractivity contribution is 0.0513. The number of pyridine rings is 1. The van der Waals surface area contributed by atoms with Gasteiger partial charge in [-0.25, -0.2) is 4.98 Å². The fourth-order valence-electron chi connectivity index (χ4n) is 3.75. The van der Waals surface area contributed by atoms with E-state index in [9.17, 15) is 0 Å². The highest BCUT2D eigenvalue weighted by Gasteiger charge is 2.34. The molecule has 7 heteroatoms. The Morgan fingerprint density at radius 1 is 1.17 bits per heavy atom. The van der Waals surface area contributed by atoms with Crippen molar-refractivity contribution in [2.24, 2.45) is 4.99 Å². The molecular weight excluding hydrogens is 400 g/mol. The number of hydrogen-bond donors (Lipinski definition) is 2. The molecular formula is C23H31ClN4O2. The summed E-state index contributed by atoms with van der Waals surface area (Å²) in [4.78, 5) is 8.51. The lowest BCUT2D eigenvalue weighted by Crippen LogP contribution is -2.48. The Bertz CT molecular complexity index is 803. The summed E-state index contributed by atoms with van der Waals surface area (Å²) in [6.07, 6.45) is 4.61. The number of ether oxygens (including phenoxy) is 2. The van der Waals surface area contributed by atoms with Gasteiger partial charge in [0.15, 0.2) is 5.96 Å². The molecule has 0 unspecified atom stereocenters. The Morgan fingerprint density at radius 2 is 1.93 bits per heavy atom. The average molecular weight is 431 g/mol. The molecule has 2 heterocycles. The Balaban J connectivity index is 1.59. The van der Waals surface area contributed by atoms with Crippen molar-refractivity contribution in [2.45, 2.75) is 31.6 Å². The second kappa shape index (κ2) is 11.2. The molecule has 1 aliphatic rings. The van der Waals surface area contributed by atoms with E-state index in [0.29, 0.717) is 11.8 Å². The highest BCUT2D eigenvalue weighted by atomic mass is 35.5. The van der Waals surface area contributed by atoms with Crippen molar-refractivity contribution in [1.29, 1.82) is 0 Å². The van der Waals surface area contributed by atoms with E-state index in [0.717, 1.165) is 62.8 Å². The minimum Gasteiger partial charge on any atom is -0.494 e. The molecule has 1 aliphatic heterocycles. The summed E-state index contributed by atoms with van der Waals surface area (Å²) in [6.45, 7) is 5.78. The van der Waals surface area contributed by atoms with Crippen molar-refractivity contribution >= 4 is 17.6 Å². The highest BCUT2D eigenvalue weighted by molar-refractivity contribution is 6.29. The fraction of sp³-hybridized carbons (Fsp3) is 0.478. The predicted octanol–water partition coefficient (Wildman–Crippen LogP) is 3.59. The first-order chi connectivity index (χ1) is 14.6. The van der Waals surface area contributed by atoms with Gasteiger partial charge in [0.1, 0.15) is 10.9 Å². The van der Waals surface area contributed by atoms with Crippen LogP contribution >= 0.6 is 11.6 Å². The first-order valence-corrected chi connectivity index (χ1v) is 10.9. The zero-order valence-electron chi connectivity index (χ0n) is 17.8. The molecule has 0 aliphatic carbocycles. The van der Waals surface area contributed by atoms with Gasteiger partial charge in [-0.05, 0) is 55.5 Å². The molecule has 1 aromatic carbocycles. The van der Waals surface area contributed by atoms with Crippen molar-refractivity contribution in [3.05, 3.63) is 58.9 Å². The molecule has 0 radical (unpaired) electrons. The molecule has 0 spiro atoms. The first-order valence-electron chi connectivity index (χ1n) is 10.5. The molecule has 2 N–H and O–H groups in total. The van der Waals surface area contributed by atoms with Crippen molar-refractivity contribution in [3.8, 4) is 5.75 Å². The SMILES string of the molecule is CCOc1ccc(C2(CNC(=NC)NCCc3ccc(Cl)nc3)CCOCC2)cc1. The normalized spacial score (nSPS) is 16.2. The molecule has 0 atom stereocenters. The van der Waals surface area contributed by atoms with Gasteiger partial charge >= 0.3 is 0 Å². The van der Waals surface area contributed by atoms with Crippen LogP contribution in [-0.2, 0) is 16.6 Å². The number of benzene rings is 1. The zero-order valence-corrected chi connectivity index (χ0v) is 18.5. The fourth-order valence-corrected chi connectivity index (χ4v) is 3.87. The molecule has 2 aromatic rings. The summed E-state index contributed by atoms with van der Waals surface area (Å²) in [5.41, 5.74) is 2.46. The van der Waals surface area contributed by atoms with Gasteiger partial charge in [0.2, 0.25) is 0 Å². The van der Waals surface area contributed by atoms with E-state index in [1.165, 1.54) is 5.56 Å². The van der Waals surface area contributed by atoms with Crippen LogP contribution in [0.15, 0.2) is 47.6 Å². The summed E-state index contributed by atoms with van der Waals surface area (Å²) in [5, 5.41) is 7.44. The number of nitrogens with zero attached hydrogens (tertiary/aromatic N) is 2. The lowest BCUT2D eigenvalue weighted by Gasteiger charge is -2.38. The molecule has 30 heavy (non-hydrogen) atoms. The molecule has 1 aromatic heterocycles. The van der Waals surface area contributed by atoms with Crippen molar-refractivity contribution in [2.75, 3.05) is 40.0 Å². The van der Waals surface area contributed by atoms with Crippen molar-refractivity contribution in [1.82, 2.24) is 15.6 Å². The minimum atomic E-state index is 0.0146. The Morgan fingerprint density at radius 3 is 2.57 bits per heavy atom. The van der Waals surface area contributed by atoms with E-state index >= 15 is 0 Å². The van der Waals surface area contributed by atoms with Crippen LogP contribution in [0.1, 0.15) is 30.9 Å². The summed E-state index contributed by atoms with van der Waals surface area (Å²) < 4.78 is 11.3. The van der Waals surface area contributed by atoms with Crippen molar-refractivity contribution in [3.63, 3.8) is 0 Å². The molecule has 1 fully saturated rings. The van der Waals surface area contributed by atoms with Crippen LogP contribution in [0.25, 0.3) is 0 Å². The largest absolute Gasteiger partial charge is 0.494 e. The van der Waals surface area contributed by atoms with Gasteiger partial charge < -0.3 is 20.1 Å². The third kappa shape index (κ3) is 6.09. The van der Waals surface area contributed by atoms with Gasteiger partial charge in [-0.1, -0.05) is 29.8 Å². The maximum atomic E-state index is 5.85. The van der Waals surface area contributed by atoms with E-state index in [1.807, 2.05) is 25.3 Å². The molecule has 6 nitrogen and oxygen atoms in total. The van der Waals surface area contributed by atoms with E-state index in [-0.39, 0.29) is 5.41 Å². The number of rotatable bonds is 8. The van der Waals surface area contributed by atoms with Crippen LogP contribution in [-0.4, -0.2) is 50.9 Å². The third-order valence-corrected chi connectivity index (χ3v) is 5.76. The maximum Gasteiger partial charge on any atom is 0.191 e. The van der Waals surface area contributed by atoms with Gasteiger partial charge in [-0.2, -0.15) is 0 Å². The van der Waals surface area contributed by atoms with Gasteiger partial charge in [0.05, 0.1) is 6.61 Å². The number of aromatic nitrogens is 1. The molecule has 3 rings (SSSR count). The van der Waals surface area contributed by atoms with E-state index in [2.05, 4.69) is 44.9 Å². The van der Waals surface area contributed by atoms with Crippen LogP contribution in [0, 0.1) is 0 Å². The van der Waals surface area contributed by atoms with Gasteiger partial charge in [0, 0.05) is 45.0 Å². The second-order valence-corrected chi connectivity index (χ2v) is 7.83. The van der Waals surface area contributed by atoms with Crippen LogP contribution < -0.4 is 15.4 Å². The topological polar surface area (TPSA) is 67.8 Å². The Kier molecular flexibility index (Phi) is 8.34. The van der Waals surface area contributed by atoms with Gasteiger partial charge in [-0.15, -0.1) is 0 Å². The van der Waals surface area contributed by atoms with Crippen LogP contribution in [0.2, 0.25) is 5.15 Å².